The van der Waals surface area contributed by atoms with Crippen molar-refractivity contribution in [1.82, 2.24) is 0 Å². The lowest BCUT2D eigenvalue weighted by molar-refractivity contribution is 0.337. The van der Waals surface area contributed by atoms with E-state index in [9.17, 15) is 0 Å². The molecule has 0 bridgehead atoms. The van der Waals surface area contributed by atoms with Crippen molar-refractivity contribution in [3.63, 3.8) is 0 Å². The molecule has 0 fully saturated rings. The quantitative estimate of drug-likeness (QED) is 0.906. The molecular weight excluding hydrogens is 242 g/mol. The molecule has 2 N–H and O–H groups in total. The van der Waals surface area contributed by atoms with Crippen molar-refractivity contribution in [3.05, 3.63) is 40.3 Å². The van der Waals surface area contributed by atoms with Crippen LogP contribution in [0, 0.1) is 13.8 Å². The fraction of sp³-hybridized carbons (Fsp3) is 0.333. The van der Waals surface area contributed by atoms with E-state index in [1.165, 1.54) is 26.4 Å². The first kappa shape index (κ1) is 13.1. The zero-order valence-electron chi connectivity index (χ0n) is 11.1. The van der Waals surface area contributed by atoms with E-state index < -0.39 is 0 Å². The second-order valence-corrected chi connectivity index (χ2v) is 5.50. The number of hydrogen-bond acceptors (Lipinski definition) is 3. The molecule has 3 heteroatoms. The third kappa shape index (κ3) is 2.57. The van der Waals surface area contributed by atoms with Crippen LogP contribution in [0.3, 0.4) is 0 Å². The Balaban J connectivity index is 2.42. The van der Waals surface area contributed by atoms with Gasteiger partial charge in [0, 0.05) is 16.3 Å². The molecule has 1 heterocycles. The van der Waals surface area contributed by atoms with Crippen LogP contribution in [-0.4, -0.2) is 6.61 Å². The van der Waals surface area contributed by atoms with Crippen molar-refractivity contribution in [2.75, 3.05) is 6.61 Å². The average molecular weight is 261 g/mol. The SMILES string of the molecule is CCOc1cc(C)c(-c2ccc(CN)s2)cc1C. The van der Waals surface area contributed by atoms with Gasteiger partial charge in [-0.15, -0.1) is 11.3 Å². The Hall–Kier alpha value is -1.32. The molecule has 2 rings (SSSR count). The second kappa shape index (κ2) is 5.55. The first-order valence-electron chi connectivity index (χ1n) is 6.19. The molecule has 2 nitrogen and oxygen atoms in total. The number of thiophene rings is 1. The Labute approximate surface area is 112 Å². The Kier molecular flexibility index (Phi) is 4.04. The topological polar surface area (TPSA) is 35.2 Å². The van der Waals surface area contributed by atoms with Crippen molar-refractivity contribution in [3.8, 4) is 16.2 Å². The Morgan fingerprint density at radius 2 is 1.94 bits per heavy atom. The van der Waals surface area contributed by atoms with Crippen molar-refractivity contribution in [2.45, 2.75) is 27.3 Å². The van der Waals surface area contributed by atoms with Gasteiger partial charge in [0.05, 0.1) is 6.61 Å². The molecule has 0 aliphatic rings. The zero-order chi connectivity index (χ0) is 13.1. The molecule has 0 atom stereocenters. The van der Waals surface area contributed by atoms with E-state index in [2.05, 4.69) is 38.1 Å². The molecule has 0 amide bonds. The Bertz CT molecular complexity index is 545. The third-order valence-electron chi connectivity index (χ3n) is 2.95. The summed E-state index contributed by atoms with van der Waals surface area (Å²) in [6.07, 6.45) is 0. The van der Waals surface area contributed by atoms with Crippen LogP contribution in [0.2, 0.25) is 0 Å². The van der Waals surface area contributed by atoms with Gasteiger partial charge in [-0.3, -0.25) is 0 Å². The van der Waals surface area contributed by atoms with Gasteiger partial charge in [-0.1, -0.05) is 0 Å². The molecule has 0 aliphatic heterocycles. The number of aryl methyl sites for hydroxylation is 2. The van der Waals surface area contributed by atoms with E-state index in [4.69, 9.17) is 10.5 Å². The first-order chi connectivity index (χ1) is 8.65. The maximum atomic E-state index is 5.66. The summed E-state index contributed by atoms with van der Waals surface area (Å²) < 4.78 is 5.62. The minimum Gasteiger partial charge on any atom is -0.494 e. The summed E-state index contributed by atoms with van der Waals surface area (Å²) in [6.45, 7) is 7.54. The van der Waals surface area contributed by atoms with Gasteiger partial charge in [0.15, 0.2) is 0 Å². The predicted octanol–water partition coefficient (Wildman–Crippen LogP) is 3.89. The van der Waals surface area contributed by atoms with E-state index >= 15 is 0 Å². The van der Waals surface area contributed by atoms with E-state index in [-0.39, 0.29) is 0 Å². The number of benzene rings is 1. The van der Waals surface area contributed by atoms with Gasteiger partial charge < -0.3 is 10.5 Å². The highest BCUT2D eigenvalue weighted by Crippen LogP contribution is 2.34. The van der Waals surface area contributed by atoms with Crippen molar-refractivity contribution < 1.29 is 4.74 Å². The molecular formula is C15H19NOS. The molecule has 1 aromatic heterocycles. The second-order valence-electron chi connectivity index (χ2n) is 4.34. The molecule has 2 aromatic rings. The van der Waals surface area contributed by atoms with E-state index in [1.807, 2.05) is 6.92 Å². The maximum absolute atomic E-state index is 5.66. The van der Waals surface area contributed by atoms with E-state index in [1.54, 1.807) is 11.3 Å². The molecule has 0 radical (unpaired) electrons. The highest BCUT2D eigenvalue weighted by molar-refractivity contribution is 7.15. The number of ether oxygens (including phenoxy) is 1. The van der Waals surface area contributed by atoms with Crippen molar-refractivity contribution in [2.24, 2.45) is 5.73 Å². The van der Waals surface area contributed by atoms with Gasteiger partial charge in [-0.25, -0.2) is 0 Å². The van der Waals surface area contributed by atoms with Gasteiger partial charge in [0.25, 0.3) is 0 Å². The largest absolute Gasteiger partial charge is 0.494 e. The monoisotopic (exact) mass is 261 g/mol. The van der Waals surface area contributed by atoms with Crippen LogP contribution in [0.4, 0.5) is 0 Å². The lowest BCUT2D eigenvalue weighted by atomic mass is 10.0. The Morgan fingerprint density at radius 3 is 2.56 bits per heavy atom. The standard InChI is InChI=1S/C15H19NOS/c1-4-17-14-8-10(2)13(7-11(14)3)15-6-5-12(9-16)18-15/h5-8H,4,9,16H2,1-3H3. The van der Waals surface area contributed by atoms with Crippen LogP contribution in [0.1, 0.15) is 22.9 Å². The molecule has 0 saturated heterocycles. The van der Waals surface area contributed by atoms with Crippen LogP contribution in [0.15, 0.2) is 24.3 Å². The summed E-state index contributed by atoms with van der Waals surface area (Å²) in [5.41, 5.74) is 9.37. The molecule has 1 aromatic carbocycles. The summed E-state index contributed by atoms with van der Waals surface area (Å²) in [5.74, 6) is 0.981. The van der Waals surface area contributed by atoms with Crippen molar-refractivity contribution >= 4 is 11.3 Å². The average Bonchev–Trinajstić information content (AvgIpc) is 2.82. The third-order valence-corrected chi connectivity index (χ3v) is 4.09. The fourth-order valence-electron chi connectivity index (χ4n) is 2.00. The lowest BCUT2D eigenvalue weighted by Crippen LogP contribution is -1.95. The summed E-state index contributed by atoms with van der Waals surface area (Å²) in [5, 5.41) is 0. The van der Waals surface area contributed by atoms with Gasteiger partial charge in [-0.2, -0.15) is 0 Å². The predicted molar refractivity (Wildman–Crippen MR) is 78.3 cm³/mol. The summed E-state index contributed by atoms with van der Waals surface area (Å²) >= 11 is 1.76. The van der Waals surface area contributed by atoms with Crippen LogP contribution in [-0.2, 0) is 6.54 Å². The van der Waals surface area contributed by atoms with Crippen molar-refractivity contribution in [1.29, 1.82) is 0 Å². The Morgan fingerprint density at radius 1 is 1.17 bits per heavy atom. The zero-order valence-corrected chi connectivity index (χ0v) is 11.9. The number of nitrogens with two attached hydrogens (primary N) is 1. The summed E-state index contributed by atoms with van der Waals surface area (Å²) in [6, 6.07) is 8.57. The molecule has 0 spiro atoms. The fourth-order valence-corrected chi connectivity index (χ4v) is 2.97. The molecule has 18 heavy (non-hydrogen) atoms. The van der Waals surface area contributed by atoms with Gasteiger partial charge >= 0.3 is 0 Å². The van der Waals surface area contributed by atoms with Crippen LogP contribution >= 0.6 is 11.3 Å². The van der Waals surface area contributed by atoms with E-state index in [0.717, 1.165) is 5.75 Å². The minimum absolute atomic E-state index is 0.611. The summed E-state index contributed by atoms with van der Waals surface area (Å²) in [4.78, 5) is 2.50. The number of hydrogen-bond donors (Lipinski definition) is 1. The lowest BCUT2D eigenvalue weighted by Gasteiger charge is -2.11. The van der Waals surface area contributed by atoms with Gasteiger partial charge in [0.1, 0.15) is 5.75 Å². The van der Waals surface area contributed by atoms with Gasteiger partial charge in [0.2, 0.25) is 0 Å². The molecule has 0 saturated carbocycles. The first-order valence-corrected chi connectivity index (χ1v) is 7.00. The molecule has 0 aliphatic carbocycles. The van der Waals surface area contributed by atoms with Gasteiger partial charge in [-0.05, 0) is 61.7 Å². The van der Waals surface area contributed by atoms with Crippen LogP contribution < -0.4 is 10.5 Å². The van der Waals surface area contributed by atoms with Crippen LogP contribution in [0.25, 0.3) is 10.4 Å². The summed E-state index contributed by atoms with van der Waals surface area (Å²) in [7, 11) is 0. The highest BCUT2D eigenvalue weighted by atomic mass is 32.1. The molecule has 0 unspecified atom stereocenters. The minimum atomic E-state index is 0.611. The smallest absolute Gasteiger partial charge is 0.122 e. The normalized spacial score (nSPS) is 10.7. The van der Waals surface area contributed by atoms with E-state index in [0.29, 0.717) is 13.2 Å². The molecule has 96 valence electrons. The maximum Gasteiger partial charge on any atom is 0.122 e. The number of rotatable bonds is 4. The van der Waals surface area contributed by atoms with Crippen LogP contribution in [0.5, 0.6) is 5.75 Å². The highest BCUT2D eigenvalue weighted by Gasteiger charge is 2.09.